The molecule has 0 saturated carbocycles. The molecule has 0 bridgehead atoms. The van der Waals surface area contributed by atoms with Crippen LogP contribution in [0.3, 0.4) is 0 Å². The molecular formula is C10H7N3. The molecule has 0 aliphatic heterocycles. The summed E-state index contributed by atoms with van der Waals surface area (Å²) in [5.74, 6) is 0. The van der Waals surface area contributed by atoms with Crippen LogP contribution < -0.4 is 0 Å². The van der Waals surface area contributed by atoms with Crippen LogP contribution in [-0.2, 0) is 0 Å². The summed E-state index contributed by atoms with van der Waals surface area (Å²) in [7, 11) is 0. The Bertz CT molecular complexity index is 488. The van der Waals surface area contributed by atoms with Crippen molar-refractivity contribution >= 4 is 17.0 Å². The van der Waals surface area contributed by atoms with Crippen LogP contribution in [0, 0.1) is 11.3 Å². The molecule has 0 aliphatic rings. The fraction of sp³-hybridized carbons (Fsp3) is 0. The number of aromatic amines is 1. The number of rotatable bonds is 1. The number of nitrogens with zero attached hydrogens (tertiary/aromatic N) is 2. The molecule has 3 nitrogen and oxygen atoms in total. The van der Waals surface area contributed by atoms with Crippen LogP contribution in [0.25, 0.3) is 17.0 Å². The monoisotopic (exact) mass is 169 g/mol. The third-order valence-electron chi connectivity index (χ3n) is 1.82. The average molecular weight is 169 g/mol. The van der Waals surface area contributed by atoms with E-state index >= 15 is 0 Å². The molecule has 0 atom stereocenters. The Balaban J connectivity index is 2.59. The molecule has 2 rings (SSSR count). The summed E-state index contributed by atoms with van der Waals surface area (Å²) in [6.07, 6.45) is 3.11. The van der Waals surface area contributed by atoms with E-state index in [1.165, 1.54) is 6.08 Å². The van der Waals surface area contributed by atoms with Gasteiger partial charge in [-0.3, -0.25) is 5.10 Å². The number of H-pyrrole nitrogens is 1. The number of fused-ring (bicyclic) bond motifs is 1. The number of nitrogens with one attached hydrogen (secondary N) is 1. The minimum atomic E-state index is 0.803. The van der Waals surface area contributed by atoms with Gasteiger partial charge in [0.2, 0.25) is 0 Å². The van der Waals surface area contributed by atoms with Crippen molar-refractivity contribution in [2.24, 2.45) is 0 Å². The third kappa shape index (κ3) is 1.30. The van der Waals surface area contributed by atoms with Crippen LogP contribution in [0.15, 0.2) is 30.3 Å². The molecule has 13 heavy (non-hydrogen) atoms. The second kappa shape index (κ2) is 3.11. The molecule has 0 aliphatic carbocycles. The van der Waals surface area contributed by atoms with Crippen LogP contribution in [0.5, 0.6) is 0 Å². The summed E-state index contributed by atoms with van der Waals surface area (Å²) in [5.41, 5.74) is 1.79. The second-order valence-corrected chi connectivity index (χ2v) is 2.62. The van der Waals surface area contributed by atoms with Crippen molar-refractivity contribution in [1.29, 1.82) is 5.26 Å². The normalized spacial score (nSPS) is 10.7. The minimum absolute atomic E-state index is 0.803. The van der Waals surface area contributed by atoms with E-state index in [9.17, 15) is 0 Å². The smallest absolute Gasteiger partial charge is 0.0934 e. The van der Waals surface area contributed by atoms with Crippen molar-refractivity contribution in [2.75, 3.05) is 0 Å². The SMILES string of the molecule is N#CC=Cc1n[nH]c2ccccc12. The number of hydrogen-bond donors (Lipinski definition) is 1. The summed E-state index contributed by atoms with van der Waals surface area (Å²) in [5, 5.41) is 16.4. The summed E-state index contributed by atoms with van der Waals surface area (Å²) >= 11 is 0. The standard InChI is InChI=1S/C10H7N3/c11-7-3-6-10-8-4-1-2-5-9(8)12-13-10/h1-6H,(H,12,13). The van der Waals surface area contributed by atoms with Crippen molar-refractivity contribution < 1.29 is 0 Å². The quantitative estimate of drug-likeness (QED) is 0.664. The van der Waals surface area contributed by atoms with E-state index in [1.807, 2.05) is 30.3 Å². The van der Waals surface area contributed by atoms with E-state index in [2.05, 4.69) is 10.2 Å². The Kier molecular flexibility index (Phi) is 1.81. The van der Waals surface area contributed by atoms with Gasteiger partial charge in [-0.2, -0.15) is 10.4 Å². The maximum Gasteiger partial charge on any atom is 0.0934 e. The lowest BCUT2D eigenvalue weighted by molar-refractivity contribution is 1.11. The van der Waals surface area contributed by atoms with Gasteiger partial charge in [-0.1, -0.05) is 18.2 Å². The second-order valence-electron chi connectivity index (χ2n) is 2.62. The summed E-state index contributed by atoms with van der Waals surface area (Å²) in [4.78, 5) is 0. The van der Waals surface area contributed by atoms with Crippen molar-refractivity contribution in [1.82, 2.24) is 10.2 Å². The van der Waals surface area contributed by atoms with Crippen LogP contribution in [-0.4, -0.2) is 10.2 Å². The number of nitriles is 1. The van der Waals surface area contributed by atoms with E-state index in [0.29, 0.717) is 0 Å². The first-order valence-corrected chi connectivity index (χ1v) is 3.91. The molecule has 0 radical (unpaired) electrons. The molecule has 1 aromatic heterocycles. The molecular weight excluding hydrogens is 162 g/mol. The molecule has 2 aromatic rings. The van der Waals surface area contributed by atoms with E-state index in [-0.39, 0.29) is 0 Å². The van der Waals surface area contributed by atoms with Crippen molar-refractivity contribution in [3.8, 4) is 6.07 Å². The fourth-order valence-electron chi connectivity index (χ4n) is 1.23. The Hall–Kier alpha value is -2.08. The van der Waals surface area contributed by atoms with Crippen LogP contribution in [0.2, 0.25) is 0 Å². The van der Waals surface area contributed by atoms with Gasteiger partial charge in [0.15, 0.2) is 0 Å². The zero-order chi connectivity index (χ0) is 9.10. The number of aromatic nitrogens is 2. The largest absolute Gasteiger partial charge is 0.277 e. The average Bonchev–Trinajstić information content (AvgIpc) is 2.58. The number of benzene rings is 1. The maximum atomic E-state index is 8.36. The predicted octanol–water partition coefficient (Wildman–Crippen LogP) is 2.10. The Morgan fingerprint density at radius 3 is 3.08 bits per heavy atom. The topological polar surface area (TPSA) is 52.5 Å². The first-order chi connectivity index (χ1) is 6.42. The zero-order valence-corrected chi connectivity index (χ0v) is 6.86. The van der Waals surface area contributed by atoms with Gasteiger partial charge in [0.1, 0.15) is 0 Å². The summed E-state index contributed by atoms with van der Waals surface area (Å²) < 4.78 is 0. The van der Waals surface area contributed by atoms with E-state index in [4.69, 9.17) is 5.26 Å². The molecule has 1 heterocycles. The molecule has 1 aromatic carbocycles. The third-order valence-corrected chi connectivity index (χ3v) is 1.82. The highest BCUT2D eigenvalue weighted by Gasteiger charge is 1.99. The van der Waals surface area contributed by atoms with Gasteiger partial charge in [0.05, 0.1) is 17.3 Å². The maximum absolute atomic E-state index is 8.36. The summed E-state index contributed by atoms with van der Waals surface area (Å²) in [6, 6.07) is 9.74. The van der Waals surface area contributed by atoms with E-state index < -0.39 is 0 Å². The van der Waals surface area contributed by atoms with Gasteiger partial charge in [-0.25, -0.2) is 0 Å². The predicted molar refractivity (Wildman–Crippen MR) is 50.7 cm³/mol. The Morgan fingerprint density at radius 1 is 1.38 bits per heavy atom. The first kappa shape index (κ1) is 7.56. The van der Waals surface area contributed by atoms with Gasteiger partial charge >= 0.3 is 0 Å². The molecule has 3 heteroatoms. The molecule has 0 fully saturated rings. The highest BCUT2D eigenvalue weighted by Crippen LogP contribution is 2.15. The lowest BCUT2D eigenvalue weighted by Gasteiger charge is -1.86. The van der Waals surface area contributed by atoms with Crippen molar-refractivity contribution in [3.63, 3.8) is 0 Å². The first-order valence-electron chi connectivity index (χ1n) is 3.91. The number of para-hydroxylation sites is 1. The van der Waals surface area contributed by atoms with Gasteiger partial charge < -0.3 is 0 Å². The Labute approximate surface area is 75.3 Å². The highest BCUT2D eigenvalue weighted by atomic mass is 15.1. The molecule has 0 amide bonds. The highest BCUT2D eigenvalue weighted by molar-refractivity contribution is 5.86. The van der Waals surface area contributed by atoms with E-state index in [1.54, 1.807) is 6.08 Å². The van der Waals surface area contributed by atoms with Crippen LogP contribution in [0.4, 0.5) is 0 Å². The lowest BCUT2D eigenvalue weighted by atomic mass is 10.2. The van der Waals surface area contributed by atoms with Crippen molar-refractivity contribution in [2.45, 2.75) is 0 Å². The molecule has 0 saturated heterocycles. The molecule has 1 N–H and O–H groups in total. The fourth-order valence-corrected chi connectivity index (χ4v) is 1.23. The van der Waals surface area contributed by atoms with Crippen LogP contribution >= 0.6 is 0 Å². The zero-order valence-electron chi connectivity index (χ0n) is 6.86. The molecule has 0 spiro atoms. The van der Waals surface area contributed by atoms with Crippen LogP contribution in [0.1, 0.15) is 5.69 Å². The van der Waals surface area contributed by atoms with E-state index in [0.717, 1.165) is 16.6 Å². The number of hydrogen-bond acceptors (Lipinski definition) is 2. The Morgan fingerprint density at radius 2 is 2.23 bits per heavy atom. The van der Waals surface area contributed by atoms with Crippen molar-refractivity contribution in [3.05, 3.63) is 36.0 Å². The summed E-state index contributed by atoms with van der Waals surface area (Å²) in [6.45, 7) is 0. The van der Waals surface area contributed by atoms with Gasteiger partial charge in [0.25, 0.3) is 0 Å². The lowest BCUT2D eigenvalue weighted by Crippen LogP contribution is -1.70. The van der Waals surface area contributed by atoms with Gasteiger partial charge in [-0.15, -0.1) is 0 Å². The van der Waals surface area contributed by atoms with Gasteiger partial charge in [-0.05, 0) is 12.1 Å². The minimum Gasteiger partial charge on any atom is -0.277 e. The van der Waals surface area contributed by atoms with Gasteiger partial charge in [0, 0.05) is 11.5 Å². The molecule has 0 unspecified atom stereocenters. The molecule has 62 valence electrons. The number of allylic oxidation sites excluding steroid dienone is 1.